The fourth-order valence-corrected chi connectivity index (χ4v) is 5.40. The predicted octanol–water partition coefficient (Wildman–Crippen LogP) is 3.11. The number of anilines is 1. The number of piperidine rings is 1. The predicted molar refractivity (Wildman–Crippen MR) is 115 cm³/mol. The van der Waals surface area contributed by atoms with Gasteiger partial charge in [0, 0.05) is 37.4 Å². The van der Waals surface area contributed by atoms with Crippen LogP contribution in [0.4, 0.5) is 5.69 Å². The number of sulfonamides is 1. The summed E-state index contributed by atoms with van der Waals surface area (Å²) < 4.78 is 29.8. The van der Waals surface area contributed by atoms with Gasteiger partial charge in [-0.3, -0.25) is 4.79 Å². The molecule has 0 bridgehead atoms. The number of nitrogens with zero attached hydrogens (tertiary/aromatic N) is 4. The number of carbonyl (C=O) groups excluding carboxylic acids is 1. The number of hydrogen-bond acceptors (Lipinski definition) is 5. The van der Waals surface area contributed by atoms with Gasteiger partial charge in [-0.15, -0.1) is 0 Å². The first-order valence-electron chi connectivity index (χ1n) is 10.1. The van der Waals surface area contributed by atoms with E-state index >= 15 is 0 Å². The second kappa shape index (κ2) is 8.16. The van der Waals surface area contributed by atoms with Crippen molar-refractivity contribution in [3.05, 3.63) is 48.4 Å². The summed E-state index contributed by atoms with van der Waals surface area (Å²) in [6.07, 6.45) is 3.53. The summed E-state index contributed by atoms with van der Waals surface area (Å²) in [6.45, 7) is 4.60. The number of nitrogens with one attached hydrogen (secondary N) is 1. The van der Waals surface area contributed by atoms with Gasteiger partial charge in [0.25, 0.3) is 0 Å². The average molecular weight is 428 g/mol. The van der Waals surface area contributed by atoms with Crippen molar-refractivity contribution in [1.82, 2.24) is 18.8 Å². The van der Waals surface area contributed by atoms with Crippen molar-refractivity contribution < 1.29 is 13.2 Å². The lowest BCUT2D eigenvalue weighted by atomic mass is 10.1. The van der Waals surface area contributed by atoms with Gasteiger partial charge in [0.15, 0.2) is 5.65 Å². The summed E-state index contributed by atoms with van der Waals surface area (Å²) in [6, 6.07) is 10.3. The van der Waals surface area contributed by atoms with Crippen molar-refractivity contribution in [3.8, 4) is 0 Å². The lowest BCUT2D eigenvalue weighted by molar-refractivity contribution is -0.115. The minimum absolute atomic E-state index is 0.107. The van der Waals surface area contributed by atoms with Gasteiger partial charge in [-0.2, -0.15) is 4.31 Å². The molecule has 1 saturated heterocycles. The Hall–Kier alpha value is -2.78. The van der Waals surface area contributed by atoms with Crippen LogP contribution < -0.4 is 5.32 Å². The molecule has 158 valence electrons. The highest BCUT2D eigenvalue weighted by Gasteiger charge is 2.31. The number of carbonyl (C=O) groups is 1. The first-order chi connectivity index (χ1) is 14.4. The van der Waals surface area contributed by atoms with Crippen LogP contribution in [0.5, 0.6) is 0 Å². The van der Waals surface area contributed by atoms with Gasteiger partial charge in [-0.05, 0) is 56.2 Å². The molecule has 4 rings (SSSR count). The maximum absolute atomic E-state index is 13.1. The van der Waals surface area contributed by atoms with Crippen LogP contribution in [0.1, 0.15) is 38.1 Å². The molecule has 1 aromatic carbocycles. The molecule has 1 amide bonds. The maximum Gasteiger partial charge on any atom is 0.243 e. The molecule has 0 unspecified atom stereocenters. The topological polar surface area (TPSA) is 97.2 Å². The summed E-state index contributed by atoms with van der Waals surface area (Å²) in [5.74, 6) is 0.791. The fraction of sp³-hybridized carbons (Fsp3) is 0.381. The number of rotatable bonds is 5. The van der Waals surface area contributed by atoms with Gasteiger partial charge in [-0.1, -0.05) is 6.92 Å². The van der Waals surface area contributed by atoms with Crippen LogP contribution in [0.15, 0.2) is 47.5 Å². The number of benzene rings is 1. The molecule has 0 saturated carbocycles. The van der Waals surface area contributed by atoms with Crippen LogP contribution in [0.25, 0.3) is 11.2 Å². The lowest BCUT2D eigenvalue weighted by Gasteiger charge is -2.32. The van der Waals surface area contributed by atoms with E-state index in [2.05, 4.69) is 19.9 Å². The normalized spacial score (nSPS) is 16.1. The Morgan fingerprint density at radius 1 is 1.17 bits per heavy atom. The zero-order valence-corrected chi connectivity index (χ0v) is 17.9. The van der Waals surface area contributed by atoms with Crippen molar-refractivity contribution >= 4 is 32.8 Å². The van der Waals surface area contributed by atoms with E-state index in [0.29, 0.717) is 38.0 Å². The molecule has 30 heavy (non-hydrogen) atoms. The highest BCUT2D eigenvalue weighted by atomic mass is 32.2. The highest BCUT2D eigenvalue weighted by molar-refractivity contribution is 7.89. The smallest absolute Gasteiger partial charge is 0.243 e. The van der Waals surface area contributed by atoms with Crippen molar-refractivity contribution in [3.63, 3.8) is 0 Å². The van der Waals surface area contributed by atoms with E-state index in [1.807, 2.05) is 19.1 Å². The van der Waals surface area contributed by atoms with E-state index < -0.39 is 10.0 Å². The molecule has 0 aliphatic carbocycles. The van der Waals surface area contributed by atoms with E-state index in [1.165, 1.54) is 4.31 Å². The van der Waals surface area contributed by atoms with Gasteiger partial charge >= 0.3 is 0 Å². The monoisotopic (exact) mass is 427 g/mol. The van der Waals surface area contributed by atoms with Crippen LogP contribution in [0.3, 0.4) is 0 Å². The highest BCUT2D eigenvalue weighted by Crippen LogP contribution is 2.30. The number of fused-ring (bicyclic) bond motifs is 1. The Kier molecular flexibility index (Phi) is 5.57. The zero-order chi connectivity index (χ0) is 21.3. The number of hydrogen-bond donors (Lipinski definition) is 1. The SMILES string of the molecule is CCC(=O)Nc1ccc(S(=O)(=O)N2CCC(n3c(C)nc4cccnc43)CC2)cc1. The summed E-state index contributed by atoms with van der Waals surface area (Å²) in [7, 11) is -3.58. The molecule has 0 atom stereocenters. The summed E-state index contributed by atoms with van der Waals surface area (Å²) in [5.41, 5.74) is 2.30. The van der Waals surface area contributed by atoms with E-state index in [-0.39, 0.29) is 16.8 Å². The van der Waals surface area contributed by atoms with Crippen LogP contribution in [-0.4, -0.2) is 46.3 Å². The van der Waals surface area contributed by atoms with Gasteiger partial charge < -0.3 is 9.88 Å². The minimum Gasteiger partial charge on any atom is -0.326 e. The van der Waals surface area contributed by atoms with E-state index in [1.54, 1.807) is 37.4 Å². The van der Waals surface area contributed by atoms with Gasteiger partial charge in [0.1, 0.15) is 11.3 Å². The quantitative estimate of drug-likeness (QED) is 0.675. The van der Waals surface area contributed by atoms with E-state index in [0.717, 1.165) is 17.0 Å². The van der Waals surface area contributed by atoms with Gasteiger partial charge in [0.2, 0.25) is 15.9 Å². The van der Waals surface area contributed by atoms with E-state index in [9.17, 15) is 13.2 Å². The van der Waals surface area contributed by atoms with Crippen LogP contribution in [0, 0.1) is 6.92 Å². The number of pyridine rings is 1. The maximum atomic E-state index is 13.1. The molecule has 9 heteroatoms. The number of aryl methyl sites for hydroxylation is 1. The first-order valence-corrected chi connectivity index (χ1v) is 11.5. The van der Waals surface area contributed by atoms with Gasteiger partial charge in [0.05, 0.1) is 4.90 Å². The molecule has 0 radical (unpaired) electrons. The fourth-order valence-electron chi connectivity index (χ4n) is 3.93. The van der Waals surface area contributed by atoms with Crippen molar-refractivity contribution in [1.29, 1.82) is 0 Å². The molecule has 8 nitrogen and oxygen atoms in total. The van der Waals surface area contributed by atoms with Crippen LogP contribution >= 0.6 is 0 Å². The van der Waals surface area contributed by atoms with Crippen molar-refractivity contribution in [2.24, 2.45) is 0 Å². The Labute approximate surface area is 176 Å². The van der Waals surface area contributed by atoms with Crippen molar-refractivity contribution in [2.75, 3.05) is 18.4 Å². The number of amides is 1. The molecule has 3 aromatic rings. The molecule has 0 spiro atoms. The molecule has 1 aliphatic rings. The molecular formula is C21H25N5O3S. The summed E-state index contributed by atoms with van der Waals surface area (Å²) >= 11 is 0. The number of aromatic nitrogens is 3. The number of imidazole rings is 1. The molecule has 2 aromatic heterocycles. The second-order valence-corrected chi connectivity index (χ2v) is 9.37. The third-order valence-corrected chi connectivity index (χ3v) is 7.42. The molecule has 1 N–H and O–H groups in total. The zero-order valence-electron chi connectivity index (χ0n) is 17.1. The second-order valence-electron chi connectivity index (χ2n) is 7.44. The Morgan fingerprint density at radius 2 is 1.87 bits per heavy atom. The van der Waals surface area contributed by atoms with Crippen molar-refractivity contribution in [2.45, 2.75) is 44.0 Å². The van der Waals surface area contributed by atoms with Crippen LogP contribution in [-0.2, 0) is 14.8 Å². The minimum atomic E-state index is -3.58. The van der Waals surface area contributed by atoms with Gasteiger partial charge in [-0.25, -0.2) is 18.4 Å². The Morgan fingerprint density at radius 3 is 2.53 bits per heavy atom. The Bertz CT molecular complexity index is 1160. The van der Waals surface area contributed by atoms with E-state index in [4.69, 9.17) is 0 Å². The molecule has 1 aliphatic heterocycles. The lowest BCUT2D eigenvalue weighted by Crippen LogP contribution is -2.39. The third-order valence-electron chi connectivity index (χ3n) is 5.51. The molecular weight excluding hydrogens is 402 g/mol. The molecule has 1 fully saturated rings. The molecule has 3 heterocycles. The van der Waals surface area contributed by atoms with Crippen LogP contribution in [0.2, 0.25) is 0 Å². The largest absolute Gasteiger partial charge is 0.326 e. The third kappa shape index (κ3) is 3.82. The Balaban J connectivity index is 1.48. The summed E-state index contributed by atoms with van der Waals surface area (Å²) in [4.78, 5) is 20.8. The summed E-state index contributed by atoms with van der Waals surface area (Å²) in [5, 5.41) is 2.73. The first kappa shape index (κ1) is 20.5. The standard InChI is InChI=1S/C21H25N5O3S/c1-3-20(27)24-16-6-8-18(9-7-16)30(28,29)25-13-10-17(11-14-25)26-15(2)23-19-5-4-12-22-21(19)26/h4-9,12,17H,3,10-11,13-14H2,1-2H3,(H,24,27). The average Bonchev–Trinajstić information content (AvgIpc) is 3.09.